The highest BCUT2D eigenvalue weighted by atomic mass is 16.5. The Morgan fingerprint density at radius 3 is 2.57 bits per heavy atom. The molecule has 2 aromatic carbocycles. The largest absolute Gasteiger partial charge is 0.457 e. The van der Waals surface area contributed by atoms with E-state index in [1.807, 2.05) is 42.5 Å². The quantitative estimate of drug-likeness (QED) is 0.514. The second-order valence-electron chi connectivity index (χ2n) is 9.95. The summed E-state index contributed by atoms with van der Waals surface area (Å²) in [6.07, 6.45) is 3.53. The number of nitrogens with zero attached hydrogens (tertiary/aromatic N) is 3. The number of fused-ring (bicyclic) bond motifs is 1. The maximum absolute atomic E-state index is 13.5. The van der Waals surface area contributed by atoms with Crippen LogP contribution in [0.5, 0.6) is 0 Å². The lowest BCUT2D eigenvalue weighted by Gasteiger charge is -2.37. The van der Waals surface area contributed by atoms with Crippen molar-refractivity contribution in [2.45, 2.75) is 39.2 Å². The number of ether oxygens (including phenoxy) is 1. The molecular weight excluding hydrogens is 442 g/mol. The molecule has 3 aromatic rings. The van der Waals surface area contributed by atoms with Crippen molar-refractivity contribution >= 4 is 17.8 Å². The van der Waals surface area contributed by atoms with Crippen LogP contribution in [0.4, 0.5) is 5.88 Å². The number of piperidine rings is 1. The number of aromatic nitrogens is 1. The number of amides is 1. The third kappa shape index (κ3) is 3.84. The van der Waals surface area contributed by atoms with E-state index in [2.05, 4.69) is 23.0 Å². The molecule has 1 amide bonds. The van der Waals surface area contributed by atoms with Crippen LogP contribution in [0.3, 0.4) is 0 Å². The number of carbonyl (C=O) groups is 2. The van der Waals surface area contributed by atoms with Crippen molar-refractivity contribution in [3.05, 3.63) is 70.8 Å². The number of hydrogen-bond donors (Lipinski definition) is 0. The molecule has 6 rings (SSSR count). The maximum Gasteiger partial charge on any atom is 0.338 e. The first kappa shape index (κ1) is 22.0. The van der Waals surface area contributed by atoms with E-state index in [-0.39, 0.29) is 17.3 Å². The van der Waals surface area contributed by atoms with Crippen LogP contribution in [-0.4, -0.2) is 48.1 Å². The number of hydrogen-bond acceptors (Lipinski definition) is 6. The van der Waals surface area contributed by atoms with Crippen molar-refractivity contribution in [2.75, 3.05) is 31.1 Å². The van der Waals surface area contributed by atoms with Gasteiger partial charge in [-0.3, -0.25) is 9.69 Å². The molecule has 1 aromatic heterocycles. The van der Waals surface area contributed by atoms with Crippen LogP contribution in [0.25, 0.3) is 11.3 Å². The maximum atomic E-state index is 13.5. The van der Waals surface area contributed by atoms with E-state index < -0.39 is 0 Å². The molecule has 0 aliphatic carbocycles. The Balaban J connectivity index is 1.07. The minimum atomic E-state index is -0.294. The van der Waals surface area contributed by atoms with Crippen LogP contribution in [0.15, 0.2) is 53.1 Å². The molecule has 0 radical (unpaired) electrons. The Kier molecular flexibility index (Phi) is 5.44. The van der Waals surface area contributed by atoms with Crippen molar-refractivity contribution in [3.63, 3.8) is 0 Å². The third-order valence-corrected chi connectivity index (χ3v) is 8.13. The van der Waals surface area contributed by atoms with Crippen LogP contribution in [-0.2, 0) is 22.6 Å². The van der Waals surface area contributed by atoms with E-state index in [1.165, 1.54) is 11.1 Å². The molecule has 3 aliphatic heterocycles. The van der Waals surface area contributed by atoms with Gasteiger partial charge in [-0.25, -0.2) is 4.79 Å². The topological polar surface area (TPSA) is 75.9 Å². The summed E-state index contributed by atoms with van der Waals surface area (Å²) in [5, 5.41) is 4.19. The molecule has 0 bridgehead atoms. The number of likely N-dealkylation sites (tertiary alicyclic amines) is 1. The number of benzene rings is 2. The zero-order valence-corrected chi connectivity index (χ0v) is 20.0. The second kappa shape index (κ2) is 8.64. The Morgan fingerprint density at radius 2 is 1.77 bits per heavy atom. The Bertz CT molecular complexity index is 1270. The third-order valence-electron chi connectivity index (χ3n) is 8.13. The van der Waals surface area contributed by atoms with E-state index >= 15 is 0 Å². The molecule has 2 fully saturated rings. The zero-order valence-electron chi connectivity index (χ0n) is 20.0. The molecule has 1 spiro atoms. The van der Waals surface area contributed by atoms with E-state index in [0.717, 1.165) is 62.1 Å². The Morgan fingerprint density at radius 1 is 1.00 bits per heavy atom. The molecule has 0 atom stereocenters. The Labute approximate surface area is 204 Å². The Hall–Kier alpha value is -3.45. The summed E-state index contributed by atoms with van der Waals surface area (Å²) in [7, 11) is 0. The van der Waals surface area contributed by atoms with E-state index in [1.54, 1.807) is 4.90 Å². The van der Waals surface area contributed by atoms with Gasteiger partial charge in [0.25, 0.3) is 0 Å². The first-order valence-electron chi connectivity index (χ1n) is 12.4. The van der Waals surface area contributed by atoms with Gasteiger partial charge in [0.05, 0.1) is 11.0 Å². The summed E-state index contributed by atoms with van der Waals surface area (Å²) >= 11 is 0. The summed E-state index contributed by atoms with van der Waals surface area (Å²) in [6.45, 7) is 5.92. The molecule has 0 unspecified atom stereocenters. The molecule has 2 saturated heterocycles. The van der Waals surface area contributed by atoms with Gasteiger partial charge < -0.3 is 14.2 Å². The average molecular weight is 472 g/mol. The summed E-state index contributed by atoms with van der Waals surface area (Å²) in [5.74, 6) is 0.502. The predicted octanol–water partition coefficient (Wildman–Crippen LogP) is 4.38. The van der Waals surface area contributed by atoms with Crippen molar-refractivity contribution < 1.29 is 18.8 Å². The summed E-state index contributed by atoms with van der Waals surface area (Å²) < 4.78 is 10.8. The highest BCUT2D eigenvalue weighted by Crippen LogP contribution is 2.43. The number of rotatable bonds is 5. The molecule has 3 aliphatic rings. The fraction of sp³-hybridized carbons (Fsp3) is 0.393. The smallest absolute Gasteiger partial charge is 0.338 e. The highest BCUT2D eigenvalue weighted by molar-refractivity contribution is 5.99. The molecule has 0 N–H and O–H groups in total. The molecule has 7 heteroatoms. The second-order valence-corrected chi connectivity index (χ2v) is 9.95. The predicted molar refractivity (Wildman–Crippen MR) is 131 cm³/mol. The van der Waals surface area contributed by atoms with Crippen LogP contribution in [0, 0.1) is 12.3 Å². The van der Waals surface area contributed by atoms with Crippen LogP contribution in [0.2, 0.25) is 0 Å². The van der Waals surface area contributed by atoms with Gasteiger partial charge in [0.15, 0.2) is 0 Å². The highest BCUT2D eigenvalue weighted by Gasteiger charge is 2.49. The van der Waals surface area contributed by atoms with Crippen molar-refractivity contribution in [1.29, 1.82) is 0 Å². The molecule has 0 saturated carbocycles. The summed E-state index contributed by atoms with van der Waals surface area (Å²) in [5.41, 5.74) is 5.62. The molecule has 4 heterocycles. The monoisotopic (exact) mass is 471 g/mol. The first-order valence-corrected chi connectivity index (χ1v) is 12.4. The number of esters is 1. The summed E-state index contributed by atoms with van der Waals surface area (Å²) in [6, 6.07) is 15.7. The molecule has 35 heavy (non-hydrogen) atoms. The lowest BCUT2D eigenvalue weighted by Crippen LogP contribution is -2.45. The fourth-order valence-corrected chi connectivity index (χ4v) is 5.78. The minimum absolute atomic E-state index is 0.173. The number of anilines is 1. The number of carbonyl (C=O) groups excluding carboxylic acids is 2. The van der Waals surface area contributed by atoms with Crippen molar-refractivity contribution in [1.82, 2.24) is 10.1 Å². The van der Waals surface area contributed by atoms with Crippen LogP contribution in [0.1, 0.15) is 46.3 Å². The van der Waals surface area contributed by atoms with E-state index in [4.69, 9.17) is 9.26 Å². The molecular formula is C28H29N3O4. The first-order chi connectivity index (χ1) is 17.0. The number of cyclic esters (lactones) is 1. The fourth-order valence-electron chi connectivity index (χ4n) is 5.78. The lowest BCUT2D eigenvalue weighted by atomic mass is 9.77. The van der Waals surface area contributed by atoms with Gasteiger partial charge in [0.2, 0.25) is 11.8 Å². The van der Waals surface area contributed by atoms with E-state index in [0.29, 0.717) is 24.6 Å². The van der Waals surface area contributed by atoms with Crippen molar-refractivity contribution in [2.24, 2.45) is 5.41 Å². The standard InChI is InChI=1S/C28H29N3O4/c1-19-20(7-8-22-23(19)18-34-26(22)32)9-13-30-14-10-28(11-15-30)12-16-31(27(28)33)25-17-24(29-35-25)21-5-3-2-4-6-21/h2-8,17H,9-16,18H2,1H3. The molecule has 7 nitrogen and oxygen atoms in total. The van der Waals surface area contributed by atoms with Gasteiger partial charge in [-0.05, 0) is 62.9 Å². The minimum Gasteiger partial charge on any atom is -0.457 e. The lowest BCUT2D eigenvalue weighted by molar-refractivity contribution is -0.128. The van der Waals surface area contributed by atoms with Gasteiger partial charge in [0.1, 0.15) is 12.3 Å². The summed E-state index contributed by atoms with van der Waals surface area (Å²) in [4.78, 5) is 29.5. The van der Waals surface area contributed by atoms with Crippen LogP contribution < -0.4 is 4.90 Å². The van der Waals surface area contributed by atoms with Gasteiger partial charge in [-0.1, -0.05) is 41.6 Å². The van der Waals surface area contributed by atoms with Gasteiger partial charge >= 0.3 is 5.97 Å². The van der Waals surface area contributed by atoms with Gasteiger partial charge in [0, 0.05) is 30.3 Å². The van der Waals surface area contributed by atoms with Crippen molar-refractivity contribution in [3.8, 4) is 11.3 Å². The average Bonchev–Trinajstić information content (AvgIpc) is 3.60. The van der Waals surface area contributed by atoms with Gasteiger partial charge in [-0.2, -0.15) is 0 Å². The molecule has 180 valence electrons. The van der Waals surface area contributed by atoms with Crippen LogP contribution >= 0.6 is 0 Å². The normalized spacial score (nSPS) is 19.4. The van der Waals surface area contributed by atoms with E-state index in [9.17, 15) is 9.59 Å². The van der Waals surface area contributed by atoms with Gasteiger partial charge in [-0.15, -0.1) is 0 Å². The SMILES string of the molecule is Cc1c(CCN2CCC3(CC2)CCN(c2cc(-c4ccccc4)no2)C3=O)ccc2c1COC2=O. The zero-order chi connectivity index (χ0) is 24.0.